The maximum Gasteiger partial charge on any atom is 0.183 e. The molecule has 0 atom stereocenters. The highest BCUT2D eigenvalue weighted by atomic mass is 35.5. The predicted molar refractivity (Wildman–Crippen MR) is 102 cm³/mol. The third-order valence-corrected chi connectivity index (χ3v) is 4.96. The Kier molecular flexibility index (Phi) is 5.85. The number of hydrogen-bond acceptors (Lipinski definition) is 4. The average molecular weight is 400 g/mol. The zero-order valence-corrected chi connectivity index (χ0v) is 15.5. The third-order valence-electron chi connectivity index (χ3n) is 3.26. The van der Waals surface area contributed by atoms with Crippen LogP contribution in [-0.2, 0) is 13.2 Å². The van der Waals surface area contributed by atoms with Crippen molar-refractivity contribution >= 4 is 51.8 Å². The van der Waals surface area contributed by atoms with E-state index in [0.29, 0.717) is 27.7 Å². The minimum absolute atomic E-state index is 0.391. The van der Waals surface area contributed by atoms with Gasteiger partial charge in [-0.2, -0.15) is 0 Å². The molecule has 2 aromatic carbocycles. The molecular formula is C17H13Cl3N2OS. The Labute approximate surface area is 159 Å². The highest BCUT2D eigenvalue weighted by Crippen LogP contribution is 2.24. The minimum atomic E-state index is 0.391. The summed E-state index contributed by atoms with van der Waals surface area (Å²) in [6.07, 6.45) is 1.77. The molecule has 3 aromatic rings. The number of nitrogens with zero attached hydrogens (tertiary/aromatic N) is 1. The summed E-state index contributed by atoms with van der Waals surface area (Å²) in [6.45, 7) is 1.08. The second kappa shape index (κ2) is 8.08. The quantitative estimate of drug-likeness (QED) is 0.528. The zero-order chi connectivity index (χ0) is 16.9. The number of aromatic nitrogens is 1. The van der Waals surface area contributed by atoms with Crippen molar-refractivity contribution in [2.24, 2.45) is 0 Å². The van der Waals surface area contributed by atoms with Crippen LogP contribution in [0.25, 0.3) is 0 Å². The molecule has 0 aliphatic heterocycles. The van der Waals surface area contributed by atoms with E-state index in [1.54, 1.807) is 18.3 Å². The Morgan fingerprint density at radius 3 is 2.50 bits per heavy atom. The van der Waals surface area contributed by atoms with Gasteiger partial charge >= 0.3 is 0 Å². The number of halogens is 3. The molecule has 0 radical (unpaired) electrons. The lowest BCUT2D eigenvalue weighted by Crippen LogP contribution is -1.98. The van der Waals surface area contributed by atoms with Crippen LogP contribution in [-0.4, -0.2) is 4.98 Å². The minimum Gasteiger partial charge on any atom is -0.489 e. The maximum atomic E-state index is 6.13. The summed E-state index contributed by atoms with van der Waals surface area (Å²) < 4.78 is 6.31. The first kappa shape index (κ1) is 17.4. The first-order chi connectivity index (χ1) is 11.6. The molecule has 1 aromatic heterocycles. The third kappa shape index (κ3) is 4.77. The summed E-state index contributed by atoms with van der Waals surface area (Å²) in [5.74, 6) is 0.771. The van der Waals surface area contributed by atoms with Gasteiger partial charge in [0.25, 0.3) is 0 Å². The first-order valence-corrected chi connectivity index (χ1v) is 9.06. The summed E-state index contributed by atoms with van der Waals surface area (Å²) in [4.78, 5) is 5.09. The fourth-order valence-corrected chi connectivity index (χ4v) is 3.40. The van der Waals surface area contributed by atoms with Crippen LogP contribution in [0.5, 0.6) is 5.75 Å². The number of nitrogens with one attached hydrogen (secondary N) is 1. The van der Waals surface area contributed by atoms with Crippen LogP contribution >= 0.6 is 46.1 Å². The van der Waals surface area contributed by atoms with Gasteiger partial charge in [-0.25, -0.2) is 4.98 Å². The van der Waals surface area contributed by atoms with Crippen molar-refractivity contribution in [1.29, 1.82) is 0 Å². The molecule has 0 unspecified atom stereocenters. The lowest BCUT2D eigenvalue weighted by Gasteiger charge is -2.09. The number of hydrogen-bond donors (Lipinski definition) is 1. The molecule has 0 saturated heterocycles. The Balaban J connectivity index is 1.54. The SMILES string of the molecule is Clc1ccc(COc2ccc(NCc3cnc(Cl)s3)cc2)c(Cl)c1. The van der Waals surface area contributed by atoms with Gasteiger partial charge in [0.15, 0.2) is 4.47 Å². The summed E-state index contributed by atoms with van der Waals surface area (Å²) in [5.41, 5.74) is 1.89. The van der Waals surface area contributed by atoms with E-state index >= 15 is 0 Å². The van der Waals surface area contributed by atoms with E-state index in [-0.39, 0.29) is 0 Å². The largest absolute Gasteiger partial charge is 0.489 e. The van der Waals surface area contributed by atoms with Crippen molar-refractivity contribution in [3.8, 4) is 5.75 Å². The van der Waals surface area contributed by atoms with Gasteiger partial charge in [0.05, 0.1) is 6.54 Å². The summed E-state index contributed by atoms with van der Waals surface area (Å²) in [7, 11) is 0. The van der Waals surface area contributed by atoms with E-state index in [1.807, 2.05) is 30.3 Å². The van der Waals surface area contributed by atoms with Crippen molar-refractivity contribution in [2.45, 2.75) is 13.2 Å². The molecule has 1 N–H and O–H groups in total. The molecule has 3 nitrogen and oxygen atoms in total. The summed E-state index contributed by atoms with van der Waals surface area (Å²) in [6, 6.07) is 13.1. The summed E-state index contributed by atoms with van der Waals surface area (Å²) >= 11 is 19.3. The van der Waals surface area contributed by atoms with Gasteiger partial charge in [-0.05, 0) is 36.4 Å². The normalized spacial score (nSPS) is 10.6. The molecule has 0 bridgehead atoms. The van der Waals surface area contributed by atoms with Crippen molar-refractivity contribution in [3.05, 3.63) is 73.6 Å². The van der Waals surface area contributed by atoms with Crippen LogP contribution in [0, 0.1) is 0 Å². The summed E-state index contributed by atoms with van der Waals surface area (Å²) in [5, 5.41) is 4.52. The molecule has 24 heavy (non-hydrogen) atoms. The van der Waals surface area contributed by atoms with Crippen molar-refractivity contribution in [3.63, 3.8) is 0 Å². The van der Waals surface area contributed by atoms with E-state index in [2.05, 4.69) is 10.3 Å². The smallest absolute Gasteiger partial charge is 0.183 e. The Morgan fingerprint density at radius 1 is 1.04 bits per heavy atom. The Morgan fingerprint density at radius 2 is 1.83 bits per heavy atom. The second-order valence-corrected chi connectivity index (χ2v) is 7.52. The Hall–Kier alpha value is -1.46. The van der Waals surface area contributed by atoms with Gasteiger partial charge in [-0.3, -0.25) is 0 Å². The van der Waals surface area contributed by atoms with Crippen molar-refractivity contribution in [1.82, 2.24) is 4.98 Å². The molecule has 1 heterocycles. The van der Waals surface area contributed by atoms with Crippen LogP contribution in [0.2, 0.25) is 14.5 Å². The van der Waals surface area contributed by atoms with Crippen LogP contribution in [0.3, 0.4) is 0 Å². The highest BCUT2D eigenvalue weighted by Gasteiger charge is 2.03. The number of benzene rings is 2. The van der Waals surface area contributed by atoms with Crippen LogP contribution in [0.1, 0.15) is 10.4 Å². The Bertz CT molecular complexity index is 821. The van der Waals surface area contributed by atoms with E-state index in [4.69, 9.17) is 39.5 Å². The van der Waals surface area contributed by atoms with Gasteiger partial charge < -0.3 is 10.1 Å². The second-order valence-electron chi connectivity index (χ2n) is 4.98. The number of anilines is 1. The van der Waals surface area contributed by atoms with Crippen LogP contribution in [0.4, 0.5) is 5.69 Å². The average Bonchev–Trinajstić information content (AvgIpc) is 2.99. The molecule has 0 aliphatic carbocycles. The van der Waals surface area contributed by atoms with Gasteiger partial charge in [0.1, 0.15) is 12.4 Å². The number of rotatable bonds is 6. The fraction of sp³-hybridized carbons (Fsp3) is 0.118. The molecule has 3 rings (SSSR count). The first-order valence-electron chi connectivity index (χ1n) is 7.11. The van der Waals surface area contributed by atoms with E-state index in [9.17, 15) is 0 Å². The molecule has 0 amide bonds. The molecule has 0 aliphatic rings. The number of thiazole rings is 1. The lowest BCUT2D eigenvalue weighted by atomic mass is 10.2. The molecule has 0 fully saturated rings. The monoisotopic (exact) mass is 398 g/mol. The zero-order valence-electron chi connectivity index (χ0n) is 12.4. The highest BCUT2D eigenvalue weighted by molar-refractivity contribution is 7.15. The topological polar surface area (TPSA) is 34.1 Å². The van der Waals surface area contributed by atoms with Crippen LogP contribution < -0.4 is 10.1 Å². The predicted octanol–water partition coefficient (Wildman–Crippen LogP) is 6.29. The number of ether oxygens (including phenoxy) is 1. The lowest BCUT2D eigenvalue weighted by molar-refractivity contribution is 0.306. The maximum absolute atomic E-state index is 6.13. The van der Waals surface area contributed by atoms with E-state index < -0.39 is 0 Å². The van der Waals surface area contributed by atoms with Crippen LogP contribution in [0.15, 0.2) is 48.7 Å². The van der Waals surface area contributed by atoms with Crippen molar-refractivity contribution < 1.29 is 4.74 Å². The van der Waals surface area contributed by atoms with Gasteiger partial charge in [0, 0.05) is 32.4 Å². The van der Waals surface area contributed by atoms with E-state index in [1.165, 1.54) is 11.3 Å². The van der Waals surface area contributed by atoms with E-state index in [0.717, 1.165) is 21.9 Å². The van der Waals surface area contributed by atoms with Gasteiger partial charge in [0.2, 0.25) is 0 Å². The standard InChI is InChI=1S/C17H13Cl3N2OS/c18-12-2-1-11(16(19)7-12)10-23-14-5-3-13(4-6-14)21-8-15-9-22-17(20)24-15/h1-7,9,21H,8,10H2. The van der Waals surface area contributed by atoms with Gasteiger partial charge in [-0.15, -0.1) is 11.3 Å². The molecule has 124 valence electrons. The molecular weight excluding hydrogens is 387 g/mol. The molecule has 0 saturated carbocycles. The van der Waals surface area contributed by atoms with Gasteiger partial charge in [-0.1, -0.05) is 40.9 Å². The fourth-order valence-electron chi connectivity index (χ4n) is 2.02. The van der Waals surface area contributed by atoms with Crippen molar-refractivity contribution in [2.75, 3.05) is 5.32 Å². The molecule has 0 spiro atoms. The molecule has 7 heteroatoms.